The summed E-state index contributed by atoms with van der Waals surface area (Å²) in [6.07, 6.45) is 0. The third-order valence-electron chi connectivity index (χ3n) is 5.81. The van der Waals surface area contributed by atoms with Gasteiger partial charge in [-0.05, 0) is 48.7 Å². The van der Waals surface area contributed by atoms with Gasteiger partial charge in [-0.3, -0.25) is 24.6 Å². The molecule has 1 N–H and O–H groups in total. The fourth-order valence-corrected chi connectivity index (χ4v) is 4.11. The fraction of sp³-hybridized carbons (Fsp3) is 0.154. The average Bonchev–Trinajstić information content (AvgIpc) is 3.10. The molecule has 0 spiro atoms. The van der Waals surface area contributed by atoms with Gasteiger partial charge in [-0.1, -0.05) is 36.4 Å². The van der Waals surface area contributed by atoms with Gasteiger partial charge in [0.05, 0.1) is 23.6 Å². The summed E-state index contributed by atoms with van der Waals surface area (Å²) >= 11 is 0. The molecule has 34 heavy (non-hydrogen) atoms. The zero-order valence-electron chi connectivity index (χ0n) is 18.8. The quantitative estimate of drug-likeness (QED) is 0.192. The van der Waals surface area contributed by atoms with Crippen molar-refractivity contribution >= 4 is 28.8 Å². The Labute approximate surface area is 195 Å². The summed E-state index contributed by atoms with van der Waals surface area (Å²) in [6, 6.07) is 16.8. The predicted molar refractivity (Wildman–Crippen MR) is 127 cm³/mol. The van der Waals surface area contributed by atoms with Crippen LogP contribution in [0, 0.1) is 24.0 Å². The number of Topliss-reactive ketones (excluding diaryl/α,β-unsaturated/α-hetero) is 1. The number of carbonyl (C=O) groups is 2. The first-order valence-corrected chi connectivity index (χ1v) is 10.5. The Hall–Kier alpha value is -4.46. The van der Waals surface area contributed by atoms with Gasteiger partial charge in [-0.2, -0.15) is 0 Å². The standard InChI is InChI=1S/C26H22N2O6/c1-15-10-11-16(2)21(12-15)27-23(17-6-5-9-20(14-17)34-3)22(25(30)26(27)31)24(29)18-7-4-8-19(13-18)28(32)33/h4-14,23,29H,1-3H3/b24-22-. The van der Waals surface area contributed by atoms with E-state index in [2.05, 4.69) is 0 Å². The van der Waals surface area contributed by atoms with Crippen molar-refractivity contribution in [1.82, 2.24) is 0 Å². The van der Waals surface area contributed by atoms with Gasteiger partial charge in [0.1, 0.15) is 11.5 Å². The van der Waals surface area contributed by atoms with Crippen LogP contribution in [0.2, 0.25) is 0 Å². The fourth-order valence-electron chi connectivity index (χ4n) is 4.11. The number of rotatable bonds is 5. The molecular formula is C26H22N2O6. The van der Waals surface area contributed by atoms with Gasteiger partial charge in [-0.25, -0.2) is 0 Å². The third kappa shape index (κ3) is 3.90. The smallest absolute Gasteiger partial charge is 0.300 e. The van der Waals surface area contributed by atoms with Gasteiger partial charge >= 0.3 is 0 Å². The molecule has 0 aromatic heterocycles. The number of benzene rings is 3. The van der Waals surface area contributed by atoms with Crippen LogP contribution in [0.25, 0.3) is 5.76 Å². The maximum absolute atomic E-state index is 13.3. The molecule has 1 atom stereocenters. The van der Waals surface area contributed by atoms with Crippen molar-refractivity contribution in [2.24, 2.45) is 0 Å². The van der Waals surface area contributed by atoms with Crippen molar-refractivity contribution in [2.45, 2.75) is 19.9 Å². The van der Waals surface area contributed by atoms with Crippen molar-refractivity contribution in [3.8, 4) is 5.75 Å². The number of methoxy groups -OCH3 is 1. The number of hydrogen-bond donors (Lipinski definition) is 1. The number of anilines is 1. The van der Waals surface area contributed by atoms with E-state index in [9.17, 15) is 24.8 Å². The van der Waals surface area contributed by atoms with Crippen molar-refractivity contribution in [1.29, 1.82) is 0 Å². The summed E-state index contributed by atoms with van der Waals surface area (Å²) in [7, 11) is 1.50. The molecule has 8 heteroatoms. The molecule has 1 aliphatic rings. The van der Waals surface area contributed by atoms with Crippen LogP contribution in [-0.4, -0.2) is 28.8 Å². The number of nitro benzene ring substituents is 1. The van der Waals surface area contributed by atoms with Crippen LogP contribution >= 0.6 is 0 Å². The lowest BCUT2D eigenvalue weighted by molar-refractivity contribution is -0.384. The number of aliphatic hydroxyl groups is 1. The van der Waals surface area contributed by atoms with E-state index >= 15 is 0 Å². The molecule has 1 aliphatic heterocycles. The molecule has 1 fully saturated rings. The summed E-state index contributed by atoms with van der Waals surface area (Å²) < 4.78 is 5.33. The second-order valence-electron chi connectivity index (χ2n) is 8.04. The first-order valence-electron chi connectivity index (χ1n) is 10.5. The minimum Gasteiger partial charge on any atom is -0.507 e. The highest BCUT2D eigenvalue weighted by molar-refractivity contribution is 6.51. The van der Waals surface area contributed by atoms with E-state index in [0.29, 0.717) is 17.0 Å². The van der Waals surface area contributed by atoms with Crippen molar-refractivity contribution < 1.29 is 24.4 Å². The Morgan fingerprint density at radius 2 is 1.76 bits per heavy atom. The summed E-state index contributed by atoms with van der Waals surface area (Å²) in [6.45, 7) is 3.71. The maximum Gasteiger partial charge on any atom is 0.300 e. The number of non-ortho nitro benzene ring substituents is 1. The van der Waals surface area contributed by atoms with Crippen LogP contribution < -0.4 is 9.64 Å². The van der Waals surface area contributed by atoms with Gasteiger partial charge in [-0.15, -0.1) is 0 Å². The Balaban J connectivity index is 2.00. The molecule has 0 radical (unpaired) electrons. The molecule has 172 valence electrons. The van der Waals surface area contributed by atoms with Gasteiger partial charge in [0.15, 0.2) is 0 Å². The van der Waals surface area contributed by atoms with E-state index in [1.807, 2.05) is 26.0 Å². The number of aryl methyl sites for hydroxylation is 2. The van der Waals surface area contributed by atoms with Crippen molar-refractivity contribution in [3.05, 3.63) is 105 Å². The van der Waals surface area contributed by atoms with Crippen LogP contribution in [0.1, 0.15) is 28.3 Å². The van der Waals surface area contributed by atoms with Crippen LogP contribution in [0.4, 0.5) is 11.4 Å². The van der Waals surface area contributed by atoms with Crippen LogP contribution in [0.3, 0.4) is 0 Å². The van der Waals surface area contributed by atoms with Crippen LogP contribution in [-0.2, 0) is 9.59 Å². The lowest BCUT2D eigenvalue weighted by atomic mass is 9.94. The van der Waals surface area contributed by atoms with Crippen LogP contribution in [0.5, 0.6) is 5.75 Å². The first-order chi connectivity index (χ1) is 16.2. The molecule has 0 saturated carbocycles. The number of nitrogens with zero attached hydrogens (tertiary/aromatic N) is 2. The lowest BCUT2D eigenvalue weighted by Gasteiger charge is -2.27. The molecule has 1 unspecified atom stereocenters. The zero-order valence-corrected chi connectivity index (χ0v) is 18.8. The van der Waals surface area contributed by atoms with E-state index < -0.39 is 28.4 Å². The number of nitro groups is 1. The van der Waals surface area contributed by atoms with E-state index in [0.717, 1.165) is 11.1 Å². The van der Waals surface area contributed by atoms with E-state index in [4.69, 9.17) is 4.74 Å². The second-order valence-corrected chi connectivity index (χ2v) is 8.04. The topological polar surface area (TPSA) is 110 Å². The molecule has 1 amide bonds. The number of carbonyl (C=O) groups excluding carboxylic acids is 2. The maximum atomic E-state index is 13.3. The highest BCUT2D eigenvalue weighted by Gasteiger charge is 2.47. The molecule has 8 nitrogen and oxygen atoms in total. The number of ether oxygens (including phenoxy) is 1. The van der Waals surface area contributed by atoms with E-state index in [1.165, 1.54) is 36.3 Å². The Bertz CT molecular complexity index is 1360. The molecule has 0 bridgehead atoms. The SMILES string of the molecule is COc1cccc(C2/C(=C(/O)c3cccc([N+](=O)[O-])c3)C(=O)C(=O)N2c2cc(C)ccc2C)c1. The summed E-state index contributed by atoms with van der Waals surface area (Å²) in [5.74, 6) is -1.65. The first kappa shape index (κ1) is 22.7. The molecule has 3 aromatic rings. The molecule has 3 aromatic carbocycles. The molecule has 0 aliphatic carbocycles. The third-order valence-corrected chi connectivity index (χ3v) is 5.81. The number of aliphatic hydroxyl groups excluding tert-OH is 1. The number of hydrogen-bond acceptors (Lipinski definition) is 6. The van der Waals surface area contributed by atoms with Crippen LogP contribution in [0.15, 0.2) is 72.3 Å². The second kappa shape index (κ2) is 8.82. The summed E-state index contributed by atoms with van der Waals surface area (Å²) in [5.41, 5.74) is 2.42. The number of ketones is 1. The van der Waals surface area contributed by atoms with E-state index in [-0.39, 0.29) is 16.8 Å². The Kier molecular flexibility index (Phi) is 5.89. The average molecular weight is 458 g/mol. The Morgan fingerprint density at radius 3 is 2.47 bits per heavy atom. The van der Waals surface area contributed by atoms with Crippen molar-refractivity contribution in [2.75, 3.05) is 12.0 Å². The molecular weight excluding hydrogens is 436 g/mol. The Morgan fingerprint density at radius 1 is 1.03 bits per heavy atom. The van der Waals surface area contributed by atoms with Gasteiger partial charge in [0.25, 0.3) is 17.4 Å². The normalized spacial score (nSPS) is 17.1. The number of amides is 1. The molecule has 1 saturated heterocycles. The minimum absolute atomic E-state index is 0.0704. The summed E-state index contributed by atoms with van der Waals surface area (Å²) in [4.78, 5) is 38.6. The monoisotopic (exact) mass is 458 g/mol. The highest BCUT2D eigenvalue weighted by Crippen LogP contribution is 2.44. The largest absolute Gasteiger partial charge is 0.507 e. The van der Waals surface area contributed by atoms with Gasteiger partial charge in [0.2, 0.25) is 0 Å². The predicted octanol–water partition coefficient (Wildman–Crippen LogP) is 4.85. The van der Waals surface area contributed by atoms with Crippen molar-refractivity contribution in [3.63, 3.8) is 0 Å². The van der Waals surface area contributed by atoms with Gasteiger partial charge < -0.3 is 9.84 Å². The van der Waals surface area contributed by atoms with E-state index in [1.54, 1.807) is 30.3 Å². The molecule has 1 heterocycles. The summed E-state index contributed by atoms with van der Waals surface area (Å²) in [5, 5.41) is 22.4. The highest BCUT2D eigenvalue weighted by atomic mass is 16.6. The van der Waals surface area contributed by atoms with Gasteiger partial charge in [0, 0.05) is 23.4 Å². The lowest BCUT2D eigenvalue weighted by Crippen LogP contribution is -2.30. The minimum atomic E-state index is -0.963. The molecule has 4 rings (SSSR count). The zero-order chi connectivity index (χ0) is 24.6.